The molecule has 0 saturated heterocycles. The van der Waals surface area contributed by atoms with Gasteiger partial charge in [-0.2, -0.15) is 0 Å². The lowest BCUT2D eigenvalue weighted by molar-refractivity contribution is -0.134. The van der Waals surface area contributed by atoms with Gasteiger partial charge in [0, 0.05) is 17.5 Å². The van der Waals surface area contributed by atoms with Crippen molar-refractivity contribution in [3.05, 3.63) is 66.2 Å². The van der Waals surface area contributed by atoms with Crippen molar-refractivity contribution in [1.82, 2.24) is 0 Å². The molecular weight excluding hydrogens is 238 g/mol. The van der Waals surface area contributed by atoms with Gasteiger partial charge in [-0.25, -0.2) is 4.79 Å². The van der Waals surface area contributed by atoms with E-state index in [2.05, 4.69) is 10.1 Å². The van der Waals surface area contributed by atoms with Crippen molar-refractivity contribution in [2.45, 2.75) is 0 Å². The first-order valence-electron chi connectivity index (χ1n) is 5.97. The van der Waals surface area contributed by atoms with Gasteiger partial charge in [0.15, 0.2) is 0 Å². The molecule has 19 heavy (non-hydrogen) atoms. The van der Waals surface area contributed by atoms with Gasteiger partial charge in [0.25, 0.3) is 0 Å². The predicted octanol–water partition coefficient (Wildman–Crippen LogP) is 3.62. The molecule has 2 aromatic carbocycles. The van der Waals surface area contributed by atoms with Crippen LogP contribution in [-0.2, 0) is 9.53 Å². The van der Waals surface area contributed by atoms with Gasteiger partial charge in [-0.15, -0.1) is 0 Å². The molecule has 3 nitrogen and oxygen atoms in total. The Bertz CT molecular complexity index is 576. The van der Waals surface area contributed by atoms with Gasteiger partial charge in [-0.1, -0.05) is 36.4 Å². The van der Waals surface area contributed by atoms with Crippen LogP contribution in [-0.4, -0.2) is 13.1 Å². The molecule has 0 radical (unpaired) electrons. The standard InChI is InChI=1S/C16H15NO2/c1-19-16(18)12-11-13-7-5-6-10-15(13)17-14-8-3-2-4-9-14/h2-12,17H,1H3. The highest BCUT2D eigenvalue weighted by molar-refractivity contribution is 5.88. The molecule has 1 N–H and O–H groups in total. The zero-order valence-corrected chi connectivity index (χ0v) is 10.7. The number of carbonyl (C=O) groups is 1. The SMILES string of the molecule is COC(=O)C=Cc1ccccc1Nc1ccccc1. The first-order valence-corrected chi connectivity index (χ1v) is 5.97. The summed E-state index contributed by atoms with van der Waals surface area (Å²) in [5, 5.41) is 3.31. The molecule has 0 aliphatic carbocycles. The van der Waals surface area contributed by atoms with E-state index in [1.54, 1.807) is 6.08 Å². The largest absolute Gasteiger partial charge is 0.466 e. The van der Waals surface area contributed by atoms with Gasteiger partial charge in [-0.05, 0) is 29.8 Å². The Hall–Kier alpha value is -2.55. The quantitative estimate of drug-likeness (QED) is 0.668. The molecule has 2 rings (SSSR count). The van der Waals surface area contributed by atoms with Crippen molar-refractivity contribution in [2.24, 2.45) is 0 Å². The summed E-state index contributed by atoms with van der Waals surface area (Å²) in [5.74, 6) is -0.366. The third kappa shape index (κ3) is 3.71. The number of anilines is 2. The van der Waals surface area contributed by atoms with Crippen LogP contribution < -0.4 is 5.32 Å². The second kappa shape index (κ2) is 6.40. The fourth-order valence-corrected chi connectivity index (χ4v) is 1.66. The maximum atomic E-state index is 11.1. The molecule has 3 heteroatoms. The van der Waals surface area contributed by atoms with E-state index in [0.717, 1.165) is 16.9 Å². The van der Waals surface area contributed by atoms with E-state index in [-0.39, 0.29) is 5.97 Å². The summed E-state index contributed by atoms with van der Waals surface area (Å²) in [6, 6.07) is 17.6. The molecule has 0 aliphatic rings. The van der Waals surface area contributed by atoms with Crippen molar-refractivity contribution < 1.29 is 9.53 Å². The Morgan fingerprint density at radius 3 is 2.47 bits per heavy atom. The fourth-order valence-electron chi connectivity index (χ4n) is 1.66. The smallest absolute Gasteiger partial charge is 0.330 e. The number of rotatable bonds is 4. The maximum Gasteiger partial charge on any atom is 0.330 e. The number of esters is 1. The number of hydrogen-bond donors (Lipinski definition) is 1. The van der Waals surface area contributed by atoms with Crippen LogP contribution in [0.2, 0.25) is 0 Å². The lowest BCUT2D eigenvalue weighted by Crippen LogP contribution is -1.95. The topological polar surface area (TPSA) is 38.3 Å². The van der Waals surface area contributed by atoms with Crippen molar-refractivity contribution in [3.63, 3.8) is 0 Å². The van der Waals surface area contributed by atoms with Gasteiger partial charge in [0.05, 0.1) is 7.11 Å². The van der Waals surface area contributed by atoms with E-state index in [1.165, 1.54) is 13.2 Å². The Labute approximate surface area is 112 Å². The van der Waals surface area contributed by atoms with Crippen molar-refractivity contribution in [1.29, 1.82) is 0 Å². The van der Waals surface area contributed by atoms with Gasteiger partial charge < -0.3 is 10.1 Å². The number of hydrogen-bond acceptors (Lipinski definition) is 3. The molecule has 2 aromatic rings. The van der Waals surface area contributed by atoms with Crippen LogP contribution in [0.3, 0.4) is 0 Å². The van der Waals surface area contributed by atoms with E-state index in [9.17, 15) is 4.79 Å². The second-order valence-corrected chi connectivity index (χ2v) is 3.93. The number of benzene rings is 2. The monoisotopic (exact) mass is 253 g/mol. The van der Waals surface area contributed by atoms with Crippen LogP contribution in [0.4, 0.5) is 11.4 Å². The molecule has 0 atom stereocenters. The zero-order chi connectivity index (χ0) is 13.5. The molecule has 0 aromatic heterocycles. The normalized spacial score (nSPS) is 10.4. The number of nitrogens with one attached hydrogen (secondary N) is 1. The van der Waals surface area contributed by atoms with E-state index >= 15 is 0 Å². The first-order chi connectivity index (χ1) is 9.29. The van der Waals surface area contributed by atoms with Crippen LogP contribution in [0.25, 0.3) is 6.08 Å². The van der Waals surface area contributed by atoms with Crippen LogP contribution >= 0.6 is 0 Å². The van der Waals surface area contributed by atoms with Crippen LogP contribution in [0.15, 0.2) is 60.7 Å². The minimum Gasteiger partial charge on any atom is -0.466 e. The summed E-state index contributed by atoms with van der Waals surface area (Å²) in [7, 11) is 1.36. The lowest BCUT2D eigenvalue weighted by Gasteiger charge is -2.09. The molecule has 0 fully saturated rings. The summed E-state index contributed by atoms with van der Waals surface area (Å²) in [6.45, 7) is 0. The Balaban J connectivity index is 2.21. The molecule has 0 unspecified atom stereocenters. The van der Waals surface area contributed by atoms with Crippen LogP contribution in [0.5, 0.6) is 0 Å². The Kier molecular flexibility index (Phi) is 4.34. The number of ether oxygens (including phenoxy) is 1. The third-order valence-electron chi connectivity index (χ3n) is 2.61. The minimum atomic E-state index is -0.366. The average molecular weight is 253 g/mol. The molecule has 0 saturated carbocycles. The second-order valence-electron chi connectivity index (χ2n) is 3.93. The predicted molar refractivity (Wildman–Crippen MR) is 77.2 cm³/mol. The van der Waals surface area contributed by atoms with E-state index < -0.39 is 0 Å². The first kappa shape index (κ1) is 12.9. The van der Waals surface area contributed by atoms with Crippen LogP contribution in [0, 0.1) is 0 Å². The fraction of sp³-hybridized carbons (Fsp3) is 0.0625. The van der Waals surface area contributed by atoms with Crippen LogP contribution in [0.1, 0.15) is 5.56 Å². The molecule has 0 aliphatic heterocycles. The summed E-state index contributed by atoms with van der Waals surface area (Å²) >= 11 is 0. The number of carbonyl (C=O) groups excluding carboxylic acids is 1. The van der Waals surface area contributed by atoms with E-state index in [4.69, 9.17) is 0 Å². The van der Waals surface area contributed by atoms with Gasteiger partial charge in [0.2, 0.25) is 0 Å². The van der Waals surface area contributed by atoms with E-state index in [0.29, 0.717) is 0 Å². The highest BCUT2D eigenvalue weighted by atomic mass is 16.5. The zero-order valence-electron chi connectivity index (χ0n) is 10.7. The molecule has 0 spiro atoms. The summed E-state index contributed by atoms with van der Waals surface area (Å²) in [4.78, 5) is 11.1. The minimum absolute atomic E-state index is 0.366. The average Bonchev–Trinajstić information content (AvgIpc) is 2.47. The van der Waals surface area contributed by atoms with Crippen molar-refractivity contribution in [3.8, 4) is 0 Å². The lowest BCUT2D eigenvalue weighted by atomic mass is 10.1. The van der Waals surface area contributed by atoms with Gasteiger partial charge in [0.1, 0.15) is 0 Å². The Morgan fingerprint density at radius 2 is 1.74 bits per heavy atom. The maximum absolute atomic E-state index is 11.1. The summed E-state index contributed by atoms with van der Waals surface area (Å²) in [5.41, 5.74) is 2.87. The molecule has 96 valence electrons. The van der Waals surface area contributed by atoms with E-state index in [1.807, 2.05) is 54.6 Å². The highest BCUT2D eigenvalue weighted by Crippen LogP contribution is 2.21. The van der Waals surface area contributed by atoms with Gasteiger partial charge in [-0.3, -0.25) is 0 Å². The molecule has 0 bridgehead atoms. The number of para-hydroxylation sites is 2. The van der Waals surface area contributed by atoms with Crippen molar-refractivity contribution in [2.75, 3.05) is 12.4 Å². The summed E-state index contributed by atoms with van der Waals surface area (Å²) < 4.78 is 4.58. The third-order valence-corrected chi connectivity index (χ3v) is 2.61. The molecule has 0 amide bonds. The molecule has 0 heterocycles. The highest BCUT2D eigenvalue weighted by Gasteiger charge is 2.00. The van der Waals surface area contributed by atoms with Gasteiger partial charge >= 0.3 is 5.97 Å². The van der Waals surface area contributed by atoms with Crippen molar-refractivity contribution >= 4 is 23.4 Å². The molecular formula is C16H15NO2. The summed E-state index contributed by atoms with van der Waals surface area (Å²) in [6.07, 6.45) is 3.14. The Morgan fingerprint density at radius 1 is 1.05 bits per heavy atom. The number of methoxy groups -OCH3 is 1.